The lowest BCUT2D eigenvalue weighted by atomic mass is 9.99. The van der Waals surface area contributed by atoms with Crippen molar-refractivity contribution in [2.45, 2.75) is 19.9 Å². The first kappa shape index (κ1) is 21.2. The average molecular weight is 404 g/mol. The lowest BCUT2D eigenvalue weighted by Crippen LogP contribution is -2.40. The van der Waals surface area contributed by atoms with Crippen molar-refractivity contribution in [2.24, 2.45) is 0 Å². The molecule has 0 fully saturated rings. The third-order valence-corrected chi connectivity index (χ3v) is 4.89. The molecule has 0 atom stereocenters. The van der Waals surface area contributed by atoms with Crippen LogP contribution in [0.5, 0.6) is 0 Å². The molecule has 0 bridgehead atoms. The van der Waals surface area contributed by atoms with Crippen LogP contribution in [0.25, 0.3) is 0 Å². The number of hydrogen-bond acceptors (Lipinski definition) is 2. The van der Waals surface area contributed by atoms with Gasteiger partial charge in [0.2, 0.25) is 5.91 Å². The highest BCUT2D eigenvalue weighted by Crippen LogP contribution is 2.16. The van der Waals surface area contributed by atoms with Crippen LogP contribution in [-0.2, 0) is 17.8 Å². The van der Waals surface area contributed by atoms with Crippen molar-refractivity contribution in [3.05, 3.63) is 107 Å². The van der Waals surface area contributed by atoms with Crippen LogP contribution in [0.3, 0.4) is 0 Å². The number of carbonyl (C=O) groups is 2. The van der Waals surface area contributed by atoms with E-state index < -0.39 is 0 Å². The Labute approximate surface area is 176 Å². The summed E-state index contributed by atoms with van der Waals surface area (Å²) in [7, 11) is 0. The Morgan fingerprint density at radius 2 is 1.53 bits per heavy atom. The number of amides is 2. The predicted molar refractivity (Wildman–Crippen MR) is 116 cm³/mol. The van der Waals surface area contributed by atoms with Gasteiger partial charge in [-0.15, -0.1) is 0 Å². The monoisotopic (exact) mass is 404 g/mol. The minimum absolute atomic E-state index is 0.0315. The minimum atomic E-state index is -0.318. The zero-order chi connectivity index (χ0) is 21.3. The normalized spacial score (nSPS) is 10.5. The Kier molecular flexibility index (Phi) is 7.33. The molecule has 3 rings (SSSR count). The molecule has 1 N–H and O–H groups in total. The number of carbonyl (C=O) groups excluding carboxylic acids is 2. The quantitative estimate of drug-likeness (QED) is 0.612. The molecule has 154 valence electrons. The molecule has 0 aliphatic heterocycles. The van der Waals surface area contributed by atoms with Gasteiger partial charge in [0, 0.05) is 18.7 Å². The molecule has 3 aromatic carbocycles. The maximum absolute atomic E-state index is 13.1. The largest absolute Gasteiger partial charge is 0.350 e. The van der Waals surface area contributed by atoms with Gasteiger partial charge < -0.3 is 10.2 Å². The van der Waals surface area contributed by atoms with Crippen molar-refractivity contribution in [2.75, 3.05) is 13.1 Å². The fourth-order valence-electron chi connectivity index (χ4n) is 3.23. The highest BCUT2D eigenvalue weighted by Gasteiger charge is 2.20. The van der Waals surface area contributed by atoms with Gasteiger partial charge in [-0.3, -0.25) is 9.59 Å². The first-order chi connectivity index (χ1) is 14.6. The van der Waals surface area contributed by atoms with E-state index in [1.54, 1.807) is 18.2 Å². The van der Waals surface area contributed by atoms with Gasteiger partial charge in [-0.2, -0.15) is 0 Å². The molecule has 0 saturated carbocycles. The van der Waals surface area contributed by atoms with E-state index >= 15 is 0 Å². The smallest absolute Gasteiger partial charge is 0.254 e. The van der Waals surface area contributed by atoms with Crippen LogP contribution in [0.2, 0.25) is 0 Å². The summed E-state index contributed by atoms with van der Waals surface area (Å²) in [5.41, 5.74) is 3.46. The first-order valence-corrected chi connectivity index (χ1v) is 9.99. The van der Waals surface area contributed by atoms with Crippen LogP contribution >= 0.6 is 0 Å². The van der Waals surface area contributed by atoms with Gasteiger partial charge >= 0.3 is 0 Å². The molecule has 0 radical (unpaired) electrons. The number of hydrogen-bond donors (Lipinski definition) is 1. The maximum atomic E-state index is 13.1. The molecular formula is C25H25FN2O2. The summed E-state index contributed by atoms with van der Waals surface area (Å²) in [5, 5.41) is 2.79. The van der Waals surface area contributed by atoms with E-state index in [9.17, 15) is 14.0 Å². The molecule has 0 heterocycles. The third kappa shape index (κ3) is 5.77. The topological polar surface area (TPSA) is 49.4 Å². The summed E-state index contributed by atoms with van der Waals surface area (Å²) in [6, 6.07) is 23.4. The van der Waals surface area contributed by atoms with Crippen molar-refractivity contribution >= 4 is 11.8 Å². The highest BCUT2D eigenvalue weighted by molar-refractivity contribution is 5.97. The highest BCUT2D eigenvalue weighted by atomic mass is 19.1. The Balaban J connectivity index is 1.65. The summed E-state index contributed by atoms with van der Waals surface area (Å²) in [6.45, 7) is 2.53. The van der Waals surface area contributed by atoms with Crippen LogP contribution < -0.4 is 5.32 Å². The Morgan fingerprint density at radius 3 is 2.23 bits per heavy atom. The van der Waals surface area contributed by atoms with E-state index in [0.29, 0.717) is 18.5 Å². The van der Waals surface area contributed by atoms with E-state index in [-0.39, 0.29) is 30.7 Å². The lowest BCUT2D eigenvalue weighted by Gasteiger charge is -2.22. The second kappa shape index (κ2) is 10.3. The van der Waals surface area contributed by atoms with E-state index in [1.807, 2.05) is 55.5 Å². The van der Waals surface area contributed by atoms with Crippen LogP contribution in [0, 0.1) is 5.82 Å². The second-order valence-electron chi connectivity index (χ2n) is 7.04. The van der Waals surface area contributed by atoms with Gasteiger partial charge in [-0.1, -0.05) is 60.7 Å². The zero-order valence-corrected chi connectivity index (χ0v) is 17.0. The number of benzene rings is 3. The molecule has 0 unspecified atom stereocenters. The van der Waals surface area contributed by atoms with Crippen LogP contribution in [0.1, 0.15) is 34.0 Å². The van der Waals surface area contributed by atoms with Gasteiger partial charge in [0.1, 0.15) is 5.82 Å². The fourth-order valence-corrected chi connectivity index (χ4v) is 3.23. The van der Waals surface area contributed by atoms with Gasteiger partial charge in [-0.25, -0.2) is 4.39 Å². The number of halogens is 1. The SMILES string of the molecule is CCN(CC(=O)NCc1ccc(F)cc1)C(=O)c1ccccc1Cc1ccccc1. The molecule has 2 amide bonds. The molecule has 0 saturated heterocycles. The fraction of sp³-hybridized carbons (Fsp3) is 0.200. The number of likely N-dealkylation sites (N-methyl/N-ethyl adjacent to an activating group) is 1. The second-order valence-corrected chi connectivity index (χ2v) is 7.04. The standard InChI is InChI=1S/C25H25FN2O2/c1-2-28(18-24(29)27-17-20-12-14-22(26)15-13-20)25(30)23-11-7-6-10-21(23)16-19-8-4-3-5-9-19/h3-15H,2,16-18H2,1H3,(H,27,29). The molecule has 0 spiro atoms. The number of rotatable bonds is 8. The molecule has 30 heavy (non-hydrogen) atoms. The molecule has 0 aliphatic carbocycles. The van der Waals surface area contributed by atoms with Crippen molar-refractivity contribution in [3.63, 3.8) is 0 Å². The molecule has 4 nitrogen and oxygen atoms in total. The average Bonchev–Trinajstić information content (AvgIpc) is 2.78. The summed E-state index contributed by atoms with van der Waals surface area (Å²) in [6.07, 6.45) is 0.650. The van der Waals surface area contributed by atoms with Crippen LogP contribution in [0.4, 0.5) is 4.39 Å². The van der Waals surface area contributed by atoms with Gasteiger partial charge in [0.15, 0.2) is 0 Å². The Morgan fingerprint density at radius 1 is 0.867 bits per heavy atom. The molecular weight excluding hydrogens is 379 g/mol. The minimum Gasteiger partial charge on any atom is -0.350 e. The van der Waals surface area contributed by atoms with E-state index in [2.05, 4.69) is 5.32 Å². The molecule has 3 aromatic rings. The van der Waals surface area contributed by atoms with Crippen LogP contribution in [-0.4, -0.2) is 29.8 Å². The zero-order valence-electron chi connectivity index (χ0n) is 17.0. The summed E-state index contributed by atoms with van der Waals surface area (Å²) >= 11 is 0. The third-order valence-electron chi connectivity index (χ3n) is 4.89. The van der Waals surface area contributed by atoms with Gasteiger partial charge in [0.05, 0.1) is 6.54 Å². The van der Waals surface area contributed by atoms with Gasteiger partial charge in [-0.05, 0) is 48.2 Å². The predicted octanol–water partition coefficient (Wildman–Crippen LogP) is 4.20. The van der Waals surface area contributed by atoms with Crippen molar-refractivity contribution in [1.29, 1.82) is 0 Å². The maximum Gasteiger partial charge on any atom is 0.254 e. The molecule has 5 heteroatoms. The summed E-state index contributed by atoms with van der Waals surface area (Å²) in [4.78, 5) is 27.1. The Hall–Kier alpha value is -3.47. The van der Waals surface area contributed by atoms with E-state index in [4.69, 9.17) is 0 Å². The number of nitrogens with zero attached hydrogens (tertiary/aromatic N) is 1. The summed E-state index contributed by atoms with van der Waals surface area (Å²) < 4.78 is 13.0. The van der Waals surface area contributed by atoms with Crippen LogP contribution in [0.15, 0.2) is 78.9 Å². The molecule has 0 aromatic heterocycles. The lowest BCUT2D eigenvalue weighted by molar-refractivity contribution is -0.121. The Bertz CT molecular complexity index is 988. The number of nitrogens with one attached hydrogen (secondary N) is 1. The van der Waals surface area contributed by atoms with Crippen molar-refractivity contribution in [3.8, 4) is 0 Å². The van der Waals surface area contributed by atoms with Crippen molar-refractivity contribution < 1.29 is 14.0 Å². The van der Waals surface area contributed by atoms with Gasteiger partial charge in [0.25, 0.3) is 5.91 Å². The van der Waals surface area contributed by atoms with E-state index in [1.165, 1.54) is 17.0 Å². The summed E-state index contributed by atoms with van der Waals surface area (Å²) in [5.74, 6) is -0.738. The van der Waals surface area contributed by atoms with Crippen molar-refractivity contribution in [1.82, 2.24) is 10.2 Å². The first-order valence-electron chi connectivity index (χ1n) is 9.99. The van der Waals surface area contributed by atoms with E-state index in [0.717, 1.165) is 16.7 Å². The molecule has 0 aliphatic rings.